The molecule has 0 spiro atoms. The van der Waals surface area contributed by atoms with Gasteiger partial charge in [-0.2, -0.15) is 0 Å². The highest BCUT2D eigenvalue weighted by Gasteiger charge is 2.67. The summed E-state index contributed by atoms with van der Waals surface area (Å²) in [5, 5.41) is 11.7. The Morgan fingerprint density at radius 3 is 2.36 bits per heavy atom. The van der Waals surface area contributed by atoms with E-state index in [2.05, 4.69) is 50.5 Å². The van der Waals surface area contributed by atoms with Crippen molar-refractivity contribution in [3.8, 4) is 0 Å². The molecule has 4 heteroatoms. The molecule has 0 saturated heterocycles. The number of aliphatic hydroxyl groups is 1. The number of ether oxygens (including phenoxy) is 1. The van der Waals surface area contributed by atoms with Crippen LogP contribution in [0, 0.1) is 51.8 Å². The Bertz CT molecular complexity index is 804. The fourth-order valence-corrected chi connectivity index (χ4v) is 10.7. The maximum atomic E-state index is 12.6. The van der Waals surface area contributed by atoms with Gasteiger partial charge < -0.3 is 9.84 Å². The van der Waals surface area contributed by atoms with E-state index in [1.54, 1.807) is 0 Å². The summed E-state index contributed by atoms with van der Waals surface area (Å²) >= 11 is 4.16. The summed E-state index contributed by atoms with van der Waals surface area (Å²) in [5.41, 5.74) is -0.0161. The third-order valence-corrected chi connectivity index (χ3v) is 13.6. The van der Waals surface area contributed by atoms with Crippen molar-refractivity contribution in [2.75, 3.05) is 0 Å². The summed E-state index contributed by atoms with van der Waals surface area (Å²) in [5.74, 6) is 4.34. The van der Waals surface area contributed by atoms with Crippen LogP contribution in [0.25, 0.3) is 0 Å². The minimum Gasteiger partial charge on any atom is -0.462 e. The number of esters is 1. The molecule has 0 aliphatic heterocycles. The quantitative estimate of drug-likeness (QED) is 0.258. The van der Waals surface area contributed by atoms with Gasteiger partial charge in [-0.25, -0.2) is 0 Å². The lowest BCUT2D eigenvalue weighted by molar-refractivity contribution is -0.177. The van der Waals surface area contributed by atoms with Gasteiger partial charge in [-0.3, -0.25) is 4.79 Å². The standard InChI is InChI=1S/C32H55BrO3/c1-20(2)10-9-11-21(3)24-12-13-25-23-18-27(34)32(33)19-22(36-28(35)29(4,5)6)14-17-31(32,8)26(23)15-16-30(24,25)7/h20-27,34H,9-19H2,1-8H3/t21-,22+,23?,24-,25?,26?,27-,30-,31-,32+/m1/s1. The molecule has 0 bridgehead atoms. The van der Waals surface area contributed by atoms with Gasteiger partial charge in [-0.1, -0.05) is 69.8 Å². The number of carbonyl (C=O) groups excluding carboxylic acids is 1. The van der Waals surface area contributed by atoms with Crippen molar-refractivity contribution in [3.05, 3.63) is 0 Å². The molecule has 0 radical (unpaired) electrons. The highest BCUT2D eigenvalue weighted by atomic mass is 79.9. The van der Waals surface area contributed by atoms with E-state index in [0.717, 1.165) is 49.4 Å². The molecular weight excluding hydrogens is 512 g/mol. The lowest BCUT2D eigenvalue weighted by atomic mass is 9.43. The Kier molecular flexibility index (Phi) is 8.14. The predicted molar refractivity (Wildman–Crippen MR) is 152 cm³/mol. The molecule has 1 N–H and O–H groups in total. The molecule has 4 fully saturated rings. The van der Waals surface area contributed by atoms with Crippen LogP contribution >= 0.6 is 15.9 Å². The van der Waals surface area contributed by atoms with Crippen molar-refractivity contribution < 1.29 is 14.6 Å². The lowest BCUT2D eigenvalue weighted by Gasteiger charge is -2.65. The largest absolute Gasteiger partial charge is 0.462 e. The van der Waals surface area contributed by atoms with E-state index in [-0.39, 0.29) is 27.9 Å². The second-order valence-electron chi connectivity index (χ2n) is 15.5. The first-order chi connectivity index (χ1) is 16.6. The average Bonchev–Trinajstić information content (AvgIpc) is 3.12. The molecule has 4 aliphatic rings. The van der Waals surface area contributed by atoms with Crippen LogP contribution in [0.2, 0.25) is 0 Å². The van der Waals surface area contributed by atoms with E-state index in [4.69, 9.17) is 4.74 Å². The maximum absolute atomic E-state index is 12.6. The Hall–Kier alpha value is -0.0900. The van der Waals surface area contributed by atoms with Crippen molar-refractivity contribution in [1.82, 2.24) is 0 Å². The average molecular weight is 568 g/mol. The van der Waals surface area contributed by atoms with E-state index in [1.807, 2.05) is 20.8 Å². The lowest BCUT2D eigenvalue weighted by Crippen LogP contribution is -2.66. The number of hydrogen-bond donors (Lipinski definition) is 1. The minimum atomic E-state index is -0.491. The monoisotopic (exact) mass is 566 g/mol. The van der Waals surface area contributed by atoms with E-state index < -0.39 is 5.41 Å². The predicted octanol–water partition coefficient (Wildman–Crippen LogP) is 8.55. The Morgan fingerprint density at radius 2 is 1.72 bits per heavy atom. The van der Waals surface area contributed by atoms with Gasteiger partial charge in [-0.15, -0.1) is 0 Å². The number of carbonyl (C=O) groups is 1. The van der Waals surface area contributed by atoms with E-state index in [1.165, 1.54) is 44.9 Å². The minimum absolute atomic E-state index is 0.0439. The van der Waals surface area contributed by atoms with Crippen LogP contribution in [0.4, 0.5) is 0 Å². The molecule has 3 nitrogen and oxygen atoms in total. The summed E-state index contributed by atoms with van der Waals surface area (Å²) in [6.45, 7) is 18.1. The molecule has 0 amide bonds. The molecule has 4 rings (SSSR count). The van der Waals surface area contributed by atoms with Gasteiger partial charge in [-0.05, 0) is 112 Å². The number of rotatable bonds is 6. The number of fused-ring (bicyclic) bond motifs is 5. The summed E-state index contributed by atoms with van der Waals surface area (Å²) in [4.78, 5) is 12.6. The molecule has 36 heavy (non-hydrogen) atoms. The number of aliphatic hydroxyl groups excluding tert-OH is 1. The Labute approximate surface area is 230 Å². The van der Waals surface area contributed by atoms with Crippen molar-refractivity contribution in [1.29, 1.82) is 0 Å². The molecule has 3 unspecified atom stereocenters. The van der Waals surface area contributed by atoms with Crippen LogP contribution in [-0.2, 0) is 9.53 Å². The number of halogens is 1. The molecule has 4 aliphatic carbocycles. The molecule has 4 saturated carbocycles. The first kappa shape index (κ1) is 28.9. The SMILES string of the molecule is CC(C)CCC[C@@H](C)[C@H]1CCC2C3C[C@@H](O)[C@@]4(Br)C[C@@H](OC(=O)C(C)(C)C)CC[C@]4(C)C3CC[C@@]21C. The fraction of sp³-hybridized carbons (Fsp3) is 0.969. The first-order valence-corrected chi connectivity index (χ1v) is 16.0. The van der Waals surface area contributed by atoms with Crippen LogP contribution in [0.1, 0.15) is 126 Å². The molecule has 208 valence electrons. The van der Waals surface area contributed by atoms with E-state index in [0.29, 0.717) is 17.3 Å². The van der Waals surface area contributed by atoms with Crippen molar-refractivity contribution >= 4 is 21.9 Å². The summed E-state index contributed by atoms with van der Waals surface area (Å²) in [7, 11) is 0. The van der Waals surface area contributed by atoms with E-state index in [9.17, 15) is 9.90 Å². The van der Waals surface area contributed by atoms with Gasteiger partial charge in [0, 0.05) is 6.42 Å². The summed E-state index contributed by atoms with van der Waals surface area (Å²) in [6.07, 6.45) is 12.5. The third-order valence-electron chi connectivity index (χ3n) is 11.8. The first-order valence-electron chi connectivity index (χ1n) is 15.2. The Morgan fingerprint density at radius 1 is 1.03 bits per heavy atom. The van der Waals surface area contributed by atoms with Crippen molar-refractivity contribution in [3.63, 3.8) is 0 Å². The molecule has 0 aromatic carbocycles. The zero-order valence-electron chi connectivity index (χ0n) is 24.5. The highest BCUT2D eigenvalue weighted by molar-refractivity contribution is 9.10. The topological polar surface area (TPSA) is 46.5 Å². The van der Waals surface area contributed by atoms with Gasteiger partial charge in [0.05, 0.1) is 15.8 Å². The van der Waals surface area contributed by atoms with Crippen LogP contribution in [0.5, 0.6) is 0 Å². The number of alkyl halides is 1. The third kappa shape index (κ3) is 4.86. The van der Waals surface area contributed by atoms with Gasteiger partial charge >= 0.3 is 5.97 Å². The molecule has 0 heterocycles. The molecular formula is C32H55BrO3. The van der Waals surface area contributed by atoms with Crippen LogP contribution in [0.3, 0.4) is 0 Å². The van der Waals surface area contributed by atoms with Crippen molar-refractivity contribution in [2.45, 2.75) is 143 Å². The number of hydrogen-bond acceptors (Lipinski definition) is 3. The normalized spacial score (nSPS) is 45.5. The molecule has 10 atom stereocenters. The zero-order chi connectivity index (χ0) is 26.7. The van der Waals surface area contributed by atoms with Crippen LogP contribution < -0.4 is 0 Å². The van der Waals surface area contributed by atoms with E-state index >= 15 is 0 Å². The van der Waals surface area contributed by atoms with Gasteiger partial charge in [0.25, 0.3) is 0 Å². The Balaban J connectivity index is 1.49. The molecule has 0 aromatic heterocycles. The van der Waals surface area contributed by atoms with Gasteiger partial charge in [0.1, 0.15) is 6.10 Å². The smallest absolute Gasteiger partial charge is 0.311 e. The second-order valence-corrected chi connectivity index (χ2v) is 16.9. The highest BCUT2D eigenvalue weighted by Crippen LogP contribution is 2.71. The summed E-state index contributed by atoms with van der Waals surface area (Å²) in [6, 6.07) is 0. The molecule has 0 aromatic rings. The maximum Gasteiger partial charge on any atom is 0.311 e. The van der Waals surface area contributed by atoms with Gasteiger partial charge in [0.2, 0.25) is 0 Å². The summed E-state index contributed by atoms with van der Waals surface area (Å²) < 4.78 is 5.63. The second kappa shape index (κ2) is 10.1. The zero-order valence-corrected chi connectivity index (χ0v) is 26.1. The van der Waals surface area contributed by atoms with Crippen molar-refractivity contribution in [2.24, 2.45) is 51.8 Å². The van der Waals surface area contributed by atoms with Crippen LogP contribution in [0.15, 0.2) is 0 Å². The fourth-order valence-electron chi connectivity index (χ4n) is 9.65. The van der Waals surface area contributed by atoms with Gasteiger partial charge in [0.15, 0.2) is 0 Å². The van der Waals surface area contributed by atoms with Crippen LogP contribution in [-0.4, -0.2) is 27.6 Å².